The second kappa shape index (κ2) is 7.00. The van der Waals surface area contributed by atoms with Crippen LogP contribution in [0.25, 0.3) is 5.65 Å². The lowest BCUT2D eigenvalue weighted by Crippen LogP contribution is -2.42. The Morgan fingerprint density at radius 1 is 1.15 bits per heavy atom. The average molecular weight is 370 g/mol. The van der Waals surface area contributed by atoms with Crippen molar-refractivity contribution in [3.63, 3.8) is 0 Å². The van der Waals surface area contributed by atoms with Crippen LogP contribution in [0.15, 0.2) is 48.7 Å². The fourth-order valence-electron chi connectivity index (χ4n) is 3.40. The van der Waals surface area contributed by atoms with E-state index in [0.29, 0.717) is 23.8 Å². The van der Waals surface area contributed by atoms with Gasteiger partial charge < -0.3 is 9.64 Å². The summed E-state index contributed by atoms with van der Waals surface area (Å²) in [6.45, 7) is 3.24. The van der Waals surface area contributed by atoms with Crippen LogP contribution < -0.4 is 4.74 Å². The number of nitrogens with zero attached hydrogens (tertiary/aromatic N) is 3. The third kappa shape index (κ3) is 3.27. The topological polar surface area (TPSA) is 46.8 Å². The summed E-state index contributed by atoms with van der Waals surface area (Å²) in [5, 5.41) is 0.696. The van der Waals surface area contributed by atoms with E-state index in [1.165, 1.54) is 0 Å². The van der Waals surface area contributed by atoms with Gasteiger partial charge in [0, 0.05) is 37.2 Å². The number of fused-ring (bicyclic) bond motifs is 1. The number of likely N-dealkylation sites (tertiary alicyclic amines) is 1. The van der Waals surface area contributed by atoms with Crippen LogP contribution in [-0.4, -0.2) is 39.4 Å². The van der Waals surface area contributed by atoms with Crippen LogP contribution in [0.2, 0.25) is 5.02 Å². The number of benzene rings is 1. The van der Waals surface area contributed by atoms with Gasteiger partial charge in [-0.2, -0.15) is 0 Å². The smallest absolute Gasteiger partial charge is 0.272 e. The Morgan fingerprint density at radius 3 is 2.62 bits per heavy atom. The number of carbonyl (C=O) groups excluding carboxylic acids is 1. The number of aromatic nitrogens is 2. The minimum atomic E-state index is 0.0335. The zero-order valence-electron chi connectivity index (χ0n) is 14.6. The average Bonchev–Trinajstić information content (AvgIpc) is 2.99. The van der Waals surface area contributed by atoms with E-state index in [4.69, 9.17) is 16.3 Å². The number of ether oxygens (including phenoxy) is 1. The minimum Gasteiger partial charge on any atom is -0.490 e. The van der Waals surface area contributed by atoms with Gasteiger partial charge in [-0.15, -0.1) is 0 Å². The molecule has 0 aliphatic carbocycles. The second-order valence-corrected chi connectivity index (χ2v) is 6.97. The van der Waals surface area contributed by atoms with E-state index in [2.05, 4.69) is 4.98 Å². The largest absolute Gasteiger partial charge is 0.490 e. The van der Waals surface area contributed by atoms with Gasteiger partial charge in [0.1, 0.15) is 23.2 Å². The third-order valence-corrected chi connectivity index (χ3v) is 5.00. The molecule has 0 N–H and O–H groups in total. The molecule has 0 atom stereocenters. The number of carbonyl (C=O) groups is 1. The Morgan fingerprint density at radius 2 is 1.88 bits per heavy atom. The molecule has 0 bridgehead atoms. The third-order valence-electron chi connectivity index (χ3n) is 4.75. The number of rotatable bonds is 3. The zero-order chi connectivity index (χ0) is 18.1. The molecule has 134 valence electrons. The minimum absolute atomic E-state index is 0.0335. The van der Waals surface area contributed by atoms with Crippen LogP contribution in [0.1, 0.15) is 29.0 Å². The van der Waals surface area contributed by atoms with E-state index < -0.39 is 0 Å². The summed E-state index contributed by atoms with van der Waals surface area (Å²) in [5.74, 6) is 0.850. The van der Waals surface area contributed by atoms with E-state index in [1.807, 2.05) is 64.9 Å². The molecule has 1 aliphatic heterocycles. The first kappa shape index (κ1) is 16.9. The number of pyridine rings is 1. The van der Waals surface area contributed by atoms with Gasteiger partial charge in [-0.3, -0.25) is 9.20 Å². The van der Waals surface area contributed by atoms with E-state index in [0.717, 1.165) is 29.9 Å². The van der Waals surface area contributed by atoms with Gasteiger partial charge in [-0.05, 0) is 43.3 Å². The predicted molar refractivity (Wildman–Crippen MR) is 101 cm³/mol. The summed E-state index contributed by atoms with van der Waals surface area (Å²) in [6, 6.07) is 13.2. The van der Waals surface area contributed by atoms with Crippen LogP contribution in [0, 0.1) is 6.92 Å². The molecular weight excluding hydrogens is 350 g/mol. The van der Waals surface area contributed by atoms with Crippen LogP contribution in [0.3, 0.4) is 0 Å². The molecule has 4 rings (SSSR count). The van der Waals surface area contributed by atoms with Gasteiger partial charge in [0.15, 0.2) is 0 Å². The monoisotopic (exact) mass is 369 g/mol. The van der Waals surface area contributed by atoms with Gasteiger partial charge in [0.05, 0.1) is 5.69 Å². The molecular formula is C20H20ClN3O2. The standard InChI is InChI=1S/C20H20ClN3O2/c1-14-19(24-11-3-2-4-18(24)22-14)20(25)23-12-9-17(10-13-23)26-16-7-5-15(21)6-8-16/h2-8,11,17H,9-10,12-13H2,1H3. The molecule has 0 saturated carbocycles. The number of hydrogen-bond donors (Lipinski definition) is 0. The molecule has 1 aliphatic rings. The van der Waals surface area contributed by atoms with E-state index >= 15 is 0 Å². The van der Waals surface area contributed by atoms with Crippen molar-refractivity contribution in [2.24, 2.45) is 0 Å². The highest BCUT2D eigenvalue weighted by molar-refractivity contribution is 6.30. The Bertz CT molecular complexity index is 928. The fourth-order valence-corrected chi connectivity index (χ4v) is 3.53. The summed E-state index contributed by atoms with van der Waals surface area (Å²) in [7, 11) is 0. The lowest BCUT2D eigenvalue weighted by atomic mass is 10.1. The molecule has 3 aromatic rings. The van der Waals surface area contributed by atoms with Crippen molar-refractivity contribution in [2.45, 2.75) is 25.9 Å². The summed E-state index contributed by atoms with van der Waals surface area (Å²) >= 11 is 5.90. The van der Waals surface area contributed by atoms with E-state index in [9.17, 15) is 4.79 Å². The summed E-state index contributed by atoms with van der Waals surface area (Å²) in [4.78, 5) is 19.4. The van der Waals surface area contributed by atoms with Gasteiger partial charge in [0.2, 0.25) is 0 Å². The van der Waals surface area contributed by atoms with E-state index in [-0.39, 0.29) is 12.0 Å². The molecule has 0 radical (unpaired) electrons. The molecule has 1 aromatic carbocycles. The molecule has 6 heteroatoms. The normalized spacial score (nSPS) is 15.4. The van der Waals surface area contributed by atoms with Crippen molar-refractivity contribution in [2.75, 3.05) is 13.1 Å². The number of amides is 1. The number of aryl methyl sites for hydroxylation is 1. The summed E-state index contributed by atoms with van der Waals surface area (Å²) < 4.78 is 7.88. The summed E-state index contributed by atoms with van der Waals surface area (Å²) in [6.07, 6.45) is 3.62. The van der Waals surface area contributed by atoms with Crippen LogP contribution in [-0.2, 0) is 0 Å². The predicted octanol–water partition coefficient (Wildman–Crippen LogP) is 3.98. The SMILES string of the molecule is Cc1nc2ccccn2c1C(=O)N1CCC(Oc2ccc(Cl)cc2)CC1. The molecule has 0 spiro atoms. The fraction of sp³-hybridized carbons (Fsp3) is 0.300. The van der Waals surface area contributed by atoms with Crippen molar-refractivity contribution < 1.29 is 9.53 Å². The van der Waals surface area contributed by atoms with Crippen LogP contribution >= 0.6 is 11.6 Å². The van der Waals surface area contributed by atoms with Crippen LogP contribution in [0.5, 0.6) is 5.75 Å². The van der Waals surface area contributed by atoms with Crippen molar-refractivity contribution in [1.82, 2.24) is 14.3 Å². The molecule has 1 fully saturated rings. The highest BCUT2D eigenvalue weighted by atomic mass is 35.5. The molecule has 26 heavy (non-hydrogen) atoms. The van der Waals surface area contributed by atoms with E-state index in [1.54, 1.807) is 0 Å². The lowest BCUT2D eigenvalue weighted by Gasteiger charge is -2.32. The van der Waals surface area contributed by atoms with Gasteiger partial charge >= 0.3 is 0 Å². The first-order valence-electron chi connectivity index (χ1n) is 8.77. The van der Waals surface area contributed by atoms with Crippen molar-refractivity contribution in [3.05, 3.63) is 65.1 Å². The number of imidazole rings is 1. The number of piperidine rings is 1. The molecule has 1 amide bonds. The van der Waals surface area contributed by atoms with Crippen molar-refractivity contribution >= 4 is 23.2 Å². The maximum atomic E-state index is 13.0. The first-order valence-corrected chi connectivity index (χ1v) is 9.15. The van der Waals surface area contributed by atoms with Crippen molar-refractivity contribution in [1.29, 1.82) is 0 Å². The van der Waals surface area contributed by atoms with Crippen LogP contribution in [0.4, 0.5) is 0 Å². The van der Waals surface area contributed by atoms with Gasteiger partial charge in [-0.1, -0.05) is 17.7 Å². The molecule has 0 unspecified atom stereocenters. The van der Waals surface area contributed by atoms with Gasteiger partial charge in [-0.25, -0.2) is 4.98 Å². The van der Waals surface area contributed by atoms with Gasteiger partial charge in [0.25, 0.3) is 5.91 Å². The van der Waals surface area contributed by atoms with Crippen molar-refractivity contribution in [3.8, 4) is 5.75 Å². The number of halogens is 1. The molecule has 1 saturated heterocycles. The number of hydrogen-bond acceptors (Lipinski definition) is 3. The second-order valence-electron chi connectivity index (χ2n) is 6.54. The highest BCUT2D eigenvalue weighted by Gasteiger charge is 2.27. The Kier molecular flexibility index (Phi) is 4.55. The molecule has 5 nitrogen and oxygen atoms in total. The Balaban J connectivity index is 1.43. The molecule has 2 aromatic heterocycles. The Hall–Kier alpha value is -2.53. The highest BCUT2D eigenvalue weighted by Crippen LogP contribution is 2.23. The quantitative estimate of drug-likeness (QED) is 0.701. The first-order chi connectivity index (χ1) is 12.6. The lowest BCUT2D eigenvalue weighted by molar-refractivity contribution is 0.0588. The maximum absolute atomic E-state index is 13.0. The Labute approximate surface area is 157 Å². The molecule has 3 heterocycles. The summed E-state index contributed by atoms with van der Waals surface area (Å²) in [5.41, 5.74) is 2.22. The zero-order valence-corrected chi connectivity index (χ0v) is 15.3. The maximum Gasteiger partial charge on any atom is 0.272 e.